The molecule has 0 atom stereocenters. The molecule has 0 unspecified atom stereocenters. The minimum Gasteiger partial charge on any atom is -0.478 e. The van der Waals surface area contributed by atoms with E-state index in [9.17, 15) is 0 Å². The number of pyridine rings is 1. The van der Waals surface area contributed by atoms with Crippen LogP contribution in [0.25, 0.3) is 11.5 Å². The highest BCUT2D eigenvalue weighted by Gasteiger charge is 2.07. The third-order valence-electron chi connectivity index (χ3n) is 2.70. The minimum absolute atomic E-state index is 0.621. The zero-order chi connectivity index (χ0) is 13.7. The fourth-order valence-electron chi connectivity index (χ4n) is 1.72. The Hall–Kier alpha value is -1.97. The first-order valence-corrected chi connectivity index (χ1v) is 6.61. The molecule has 0 aliphatic rings. The predicted molar refractivity (Wildman–Crippen MR) is 75.1 cm³/mol. The lowest BCUT2D eigenvalue weighted by molar-refractivity contribution is 0.297. The SMILES string of the molecule is CCCCOc1cc(C)nc(-c2cccc(C)n2)n1. The lowest BCUT2D eigenvalue weighted by Crippen LogP contribution is -2.02. The molecule has 0 bridgehead atoms. The van der Waals surface area contributed by atoms with E-state index in [1.807, 2.05) is 38.1 Å². The first-order chi connectivity index (χ1) is 9.19. The summed E-state index contributed by atoms with van der Waals surface area (Å²) in [5.41, 5.74) is 2.62. The molecule has 4 nitrogen and oxygen atoms in total. The van der Waals surface area contributed by atoms with Gasteiger partial charge in [-0.1, -0.05) is 19.4 Å². The predicted octanol–water partition coefficient (Wildman–Crippen LogP) is 3.33. The number of hydrogen-bond donors (Lipinski definition) is 0. The van der Waals surface area contributed by atoms with Crippen LogP contribution in [0.15, 0.2) is 24.3 Å². The molecular weight excluding hydrogens is 238 g/mol. The molecule has 0 N–H and O–H groups in total. The van der Waals surface area contributed by atoms with E-state index in [2.05, 4.69) is 21.9 Å². The standard InChI is InChI=1S/C15H19N3O/c1-4-5-9-19-14-10-12(3)17-15(18-14)13-8-6-7-11(2)16-13/h6-8,10H,4-5,9H2,1-3H3. The first kappa shape index (κ1) is 13.5. The molecule has 2 aromatic heterocycles. The summed E-state index contributed by atoms with van der Waals surface area (Å²) in [5.74, 6) is 1.24. The largest absolute Gasteiger partial charge is 0.478 e. The minimum atomic E-state index is 0.621. The number of unbranched alkanes of at least 4 members (excludes halogenated alkanes) is 1. The summed E-state index contributed by atoms with van der Waals surface area (Å²) in [7, 11) is 0. The zero-order valence-corrected chi connectivity index (χ0v) is 11.7. The van der Waals surface area contributed by atoms with E-state index < -0.39 is 0 Å². The second kappa shape index (κ2) is 6.27. The van der Waals surface area contributed by atoms with Crippen molar-refractivity contribution in [3.63, 3.8) is 0 Å². The first-order valence-electron chi connectivity index (χ1n) is 6.61. The second-order valence-corrected chi connectivity index (χ2v) is 4.54. The maximum atomic E-state index is 5.64. The van der Waals surface area contributed by atoms with Gasteiger partial charge in [0.1, 0.15) is 5.69 Å². The van der Waals surface area contributed by atoms with E-state index in [0.29, 0.717) is 18.3 Å². The number of ether oxygens (including phenoxy) is 1. The van der Waals surface area contributed by atoms with E-state index in [0.717, 1.165) is 29.9 Å². The van der Waals surface area contributed by atoms with Gasteiger partial charge in [0, 0.05) is 17.5 Å². The Morgan fingerprint density at radius 3 is 2.63 bits per heavy atom. The van der Waals surface area contributed by atoms with Crippen LogP contribution in [-0.4, -0.2) is 21.6 Å². The number of aryl methyl sites for hydroxylation is 2. The molecule has 0 amide bonds. The van der Waals surface area contributed by atoms with Gasteiger partial charge < -0.3 is 4.74 Å². The molecule has 19 heavy (non-hydrogen) atoms. The van der Waals surface area contributed by atoms with Crippen LogP contribution in [-0.2, 0) is 0 Å². The number of rotatable bonds is 5. The highest BCUT2D eigenvalue weighted by atomic mass is 16.5. The van der Waals surface area contributed by atoms with Crippen LogP contribution in [0, 0.1) is 13.8 Å². The average Bonchev–Trinajstić information content (AvgIpc) is 2.38. The van der Waals surface area contributed by atoms with Crippen molar-refractivity contribution in [2.45, 2.75) is 33.6 Å². The number of nitrogens with zero attached hydrogens (tertiary/aromatic N) is 3. The molecule has 2 aromatic rings. The molecular formula is C15H19N3O. The summed E-state index contributed by atoms with van der Waals surface area (Å²) in [6, 6.07) is 7.69. The summed E-state index contributed by atoms with van der Waals surface area (Å²) in [6.07, 6.45) is 2.14. The molecule has 100 valence electrons. The quantitative estimate of drug-likeness (QED) is 0.771. The van der Waals surface area contributed by atoms with Crippen molar-refractivity contribution in [2.24, 2.45) is 0 Å². The van der Waals surface area contributed by atoms with E-state index in [-0.39, 0.29) is 0 Å². The maximum Gasteiger partial charge on any atom is 0.217 e. The van der Waals surface area contributed by atoms with Crippen molar-refractivity contribution in [3.8, 4) is 17.4 Å². The van der Waals surface area contributed by atoms with E-state index in [4.69, 9.17) is 4.74 Å². The van der Waals surface area contributed by atoms with Gasteiger partial charge in [0.25, 0.3) is 0 Å². The molecule has 0 aromatic carbocycles. The van der Waals surface area contributed by atoms with Crippen molar-refractivity contribution in [2.75, 3.05) is 6.61 Å². The van der Waals surface area contributed by atoms with Gasteiger partial charge in [-0.05, 0) is 32.4 Å². The highest BCUT2D eigenvalue weighted by molar-refractivity contribution is 5.50. The van der Waals surface area contributed by atoms with Crippen LogP contribution >= 0.6 is 0 Å². The Bertz CT molecular complexity index is 555. The monoisotopic (exact) mass is 257 g/mol. The van der Waals surface area contributed by atoms with E-state index >= 15 is 0 Å². The summed E-state index contributed by atoms with van der Waals surface area (Å²) in [5, 5.41) is 0. The van der Waals surface area contributed by atoms with Gasteiger partial charge in [0.15, 0.2) is 5.82 Å². The van der Waals surface area contributed by atoms with Gasteiger partial charge in [0.2, 0.25) is 5.88 Å². The Kier molecular flexibility index (Phi) is 4.44. The number of hydrogen-bond acceptors (Lipinski definition) is 4. The van der Waals surface area contributed by atoms with Crippen molar-refractivity contribution < 1.29 is 4.74 Å². The normalized spacial score (nSPS) is 10.5. The topological polar surface area (TPSA) is 47.9 Å². The highest BCUT2D eigenvalue weighted by Crippen LogP contribution is 2.17. The fourth-order valence-corrected chi connectivity index (χ4v) is 1.72. The molecule has 0 aliphatic carbocycles. The Morgan fingerprint density at radius 1 is 1.05 bits per heavy atom. The molecule has 0 saturated heterocycles. The van der Waals surface area contributed by atoms with Gasteiger partial charge in [-0.2, -0.15) is 4.98 Å². The summed E-state index contributed by atoms with van der Waals surface area (Å²) < 4.78 is 5.64. The lowest BCUT2D eigenvalue weighted by Gasteiger charge is -2.07. The molecule has 0 fully saturated rings. The summed E-state index contributed by atoms with van der Waals surface area (Å²) in [4.78, 5) is 13.3. The van der Waals surface area contributed by atoms with Gasteiger partial charge in [0.05, 0.1) is 6.61 Å². The summed E-state index contributed by atoms with van der Waals surface area (Å²) in [6.45, 7) is 6.72. The maximum absolute atomic E-state index is 5.64. The van der Waals surface area contributed by atoms with Crippen molar-refractivity contribution in [1.82, 2.24) is 15.0 Å². The molecule has 2 rings (SSSR count). The Labute approximate surface area is 113 Å². The third-order valence-corrected chi connectivity index (χ3v) is 2.70. The Balaban J connectivity index is 2.26. The molecule has 0 saturated carbocycles. The van der Waals surface area contributed by atoms with Crippen molar-refractivity contribution in [1.29, 1.82) is 0 Å². The summed E-state index contributed by atoms with van der Waals surface area (Å²) >= 11 is 0. The molecule has 0 aliphatic heterocycles. The lowest BCUT2D eigenvalue weighted by atomic mass is 10.3. The number of aromatic nitrogens is 3. The van der Waals surface area contributed by atoms with Crippen LogP contribution in [0.4, 0.5) is 0 Å². The van der Waals surface area contributed by atoms with Crippen LogP contribution in [0.3, 0.4) is 0 Å². The molecule has 0 spiro atoms. The zero-order valence-electron chi connectivity index (χ0n) is 11.7. The van der Waals surface area contributed by atoms with E-state index in [1.54, 1.807) is 0 Å². The van der Waals surface area contributed by atoms with Gasteiger partial charge >= 0.3 is 0 Å². The van der Waals surface area contributed by atoms with Crippen LogP contribution < -0.4 is 4.74 Å². The Morgan fingerprint density at radius 2 is 1.89 bits per heavy atom. The fraction of sp³-hybridized carbons (Fsp3) is 0.400. The second-order valence-electron chi connectivity index (χ2n) is 4.54. The van der Waals surface area contributed by atoms with Gasteiger partial charge in [-0.25, -0.2) is 9.97 Å². The van der Waals surface area contributed by atoms with Crippen LogP contribution in [0.5, 0.6) is 5.88 Å². The van der Waals surface area contributed by atoms with Crippen molar-refractivity contribution >= 4 is 0 Å². The van der Waals surface area contributed by atoms with Crippen LogP contribution in [0.2, 0.25) is 0 Å². The van der Waals surface area contributed by atoms with Crippen molar-refractivity contribution in [3.05, 3.63) is 35.7 Å². The van der Waals surface area contributed by atoms with E-state index in [1.165, 1.54) is 0 Å². The van der Waals surface area contributed by atoms with Gasteiger partial charge in [-0.3, -0.25) is 0 Å². The molecule has 2 heterocycles. The smallest absolute Gasteiger partial charge is 0.217 e. The third kappa shape index (κ3) is 3.74. The average molecular weight is 257 g/mol. The molecule has 0 radical (unpaired) electrons. The van der Waals surface area contributed by atoms with Gasteiger partial charge in [-0.15, -0.1) is 0 Å². The van der Waals surface area contributed by atoms with Crippen LogP contribution in [0.1, 0.15) is 31.2 Å². The molecule has 4 heteroatoms.